The Morgan fingerprint density at radius 1 is 1.14 bits per heavy atom. The number of nitrogens with zero attached hydrogens (tertiary/aromatic N) is 1. The van der Waals surface area contributed by atoms with E-state index in [1.165, 1.54) is 12.1 Å². The van der Waals surface area contributed by atoms with Crippen molar-refractivity contribution >= 4 is 17.5 Å². The first-order valence-electron chi connectivity index (χ1n) is 6.69. The van der Waals surface area contributed by atoms with Gasteiger partial charge in [-0.2, -0.15) is 0 Å². The van der Waals surface area contributed by atoms with Crippen molar-refractivity contribution in [2.75, 3.05) is 23.7 Å². The van der Waals surface area contributed by atoms with Gasteiger partial charge in [0.25, 0.3) is 0 Å². The first kappa shape index (κ1) is 14.8. The Labute approximate surface area is 122 Å². The predicted octanol–water partition coefficient (Wildman–Crippen LogP) is 2.84. The summed E-state index contributed by atoms with van der Waals surface area (Å²) < 4.78 is 12.9. The summed E-state index contributed by atoms with van der Waals surface area (Å²) in [7, 11) is 0. The van der Waals surface area contributed by atoms with E-state index in [2.05, 4.69) is 20.9 Å². The van der Waals surface area contributed by atoms with Crippen LogP contribution in [0.5, 0.6) is 0 Å². The predicted molar refractivity (Wildman–Crippen MR) is 80.8 cm³/mol. The Morgan fingerprint density at radius 2 is 2.05 bits per heavy atom. The molecule has 3 N–H and O–H groups in total. The van der Waals surface area contributed by atoms with Gasteiger partial charge in [0.15, 0.2) is 0 Å². The van der Waals surface area contributed by atoms with Gasteiger partial charge in [-0.3, -0.25) is 0 Å². The number of pyridine rings is 1. The Bertz CT molecular complexity index is 577. The van der Waals surface area contributed by atoms with Crippen molar-refractivity contribution in [1.82, 2.24) is 10.3 Å². The number of anilines is 2. The maximum atomic E-state index is 12.9. The molecule has 1 heterocycles. The lowest BCUT2D eigenvalue weighted by Gasteiger charge is -2.08. The average molecular weight is 288 g/mol. The van der Waals surface area contributed by atoms with Crippen LogP contribution in [0.1, 0.15) is 6.42 Å². The molecule has 0 unspecified atom stereocenters. The third-order valence-electron chi connectivity index (χ3n) is 2.69. The number of nitrogens with one attached hydrogen (secondary N) is 3. The van der Waals surface area contributed by atoms with E-state index < -0.39 is 0 Å². The van der Waals surface area contributed by atoms with Gasteiger partial charge in [0.2, 0.25) is 0 Å². The lowest BCUT2D eigenvalue weighted by molar-refractivity contribution is 0.252. The second-order valence-corrected chi connectivity index (χ2v) is 4.39. The molecular formula is C15H17FN4O. The van der Waals surface area contributed by atoms with Gasteiger partial charge in [0, 0.05) is 25.0 Å². The average Bonchev–Trinajstić information content (AvgIpc) is 2.48. The molecule has 2 aromatic rings. The maximum Gasteiger partial charge on any atom is 0.319 e. The number of halogens is 1. The third-order valence-corrected chi connectivity index (χ3v) is 2.69. The zero-order valence-electron chi connectivity index (χ0n) is 11.5. The van der Waals surface area contributed by atoms with Crippen molar-refractivity contribution in [2.45, 2.75) is 6.42 Å². The third kappa shape index (κ3) is 5.48. The Kier molecular flexibility index (Phi) is 5.51. The second kappa shape index (κ2) is 7.84. The Balaban J connectivity index is 1.61. The normalized spacial score (nSPS) is 9.95. The molecule has 0 saturated carbocycles. The largest absolute Gasteiger partial charge is 0.370 e. The summed E-state index contributed by atoms with van der Waals surface area (Å²) in [6.07, 6.45) is 2.47. The van der Waals surface area contributed by atoms with Crippen molar-refractivity contribution in [3.8, 4) is 0 Å². The van der Waals surface area contributed by atoms with Gasteiger partial charge in [-0.25, -0.2) is 14.2 Å². The summed E-state index contributed by atoms with van der Waals surface area (Å²) in [5.74, 6) is 0.425. The molecule has 110 valence electrons. The van der Waals surface area contributed by atoms with Gasteiger partial charge in [-0.05, 0) is 36.8 Å². The van der Waals surface area contributed by atoms with Crippen LogP contribution in [0.2, 0.25) is 0 Å². The summed E-state index contributed by atoms with van der Waals surface area (Å²) in [4.78, 5) is 15.7. The highest BCUT2D eigenvalue weighted by Gasteiger charge is 2.01. The fourth-order valence-electron chi connectivity index (χ4n) is 1.72. The van der Waals surface area contributed by atoms with Crippen LogP contribution in [0.15, 0.2) is 48.7 Å². The molecule has 6 heteroatoms. The Hall–Kier alpha value is -2.63. The van der Waals surface area contributed by atoms with Gasteiger partial charge in [0.1, 0.15) is 11.6 Å². The number of aromatic nitrogens is 1. The number of carbonyl (C=O) groups is 1. The van der Waals surface area contributed by atoms with Crippen LogP contribution in [-0.4, -0.2) is 24.1 Å². The molecule has 0 saturated heterocycles. The van der Waals surface area contributed by atoms with Crippen molar-refractivity contribution in [3.05, 3.63) is 54.5 Å². The number of urea groups is 1. The molecule has 0 fully saturated rings. The second-order valence-electron chi connectivity index (χ2n) is 4.39. The topological polar surface area (TPSA) is 66.0 Å². The molecule has 5 nitrogen and oxygen atoms in total. The molecule has 0 radical (unpaired) electrons. The zero-order chi connectivity index (χ0) is 14.9. The standard InChI is InChI=1S/C15H17FN4O/c16-12-5-3-6-13(11-12)20-15(21)19-10-4-9-18-14-7-1-2-8-17-14/h1-3,5-8,11H,4,9-10H2,(H,17,18)(H2,19,20,21). The number of benzene rings is 1. The molecular weight excluding hydrogens is 271 g/mol. The highest BCUT2D eigenvalue weighted by Crippen LogP contribution is 2.08. The first-order valence-corrected chi connectivity index (χ1v) is 6.69. The number of hydrogen-bond donors (Lipinski definition) is 3. The highest BCUT2D eigenvalue weighted by atomic mass is 19.1. The van der Waals surface area contributed by atoms with E-state index in [0.717, 1.165) is 12.2 Å². The smallest absolute Gasteiger partial charge is 0.319 e. The highest BCUT2D eigenvalue weighted by molar-refractivity contribution is 5.89. The van der Waals surface area contributed by atoms with E-state index in [-0.39, 0.29) is 11.8 Å². The summed E-state index contributed by atoms with van der Waals surface area (Å²) in [6.45, 7) is 1.22. The van der Waals surface area contributed by atoms with E-state index in [1.807, 2.05) is 18.2 Å². The van der Waals surface area contributed by atoms with Crippen LogP contribution in [0, 0.1) is 5.82 Å². The van der Waals surface area contributed by atoms with Crippen LogP contribution in [0.4, 0.5) is 20.7 Å². The van der Waals surface area contributed by atoms with Gasteiger partial charge in [0.05, 0.1) is 0 Å². The summed E-state index contributed by atoms with van der Waals surface area (Å²) in [5.41, 5.74) is 0.430. The molecule has 0 aliphatic rings. The van der Waals surface area contributed by atoms with Crippen molar-refractivity contribution in [1.29, 1.82) is 0 Å². The van der Waals surface area contributed by atoms with Crippen molar-refractivity contribution in [2.24, 2.45) is 0 Å². The van der Waals surface area contributed by atoms with E-state index in [1.54, 1.807) is 18.3 Å². The molecule has 1 aromatic heterocycles. The number of amides is 2. The maximum absolute atomic E-state index is 12.9. The number of rotatable bonds is 6. The van der Waals surface area contributed by atoms with E-state index >= 15 is 0 Å². The molecule has 1 aromatic carbocycles. The molecule has 0 aliphatic heterocycles. The zero-order valence-corrected chi connectivity index (χ0v) is 11.5. The van der Waals surface area contributed by atoms with E-state index in [0.29, 0.717) is 18.8 Å². The number of carbonyl (C=O) groups excluding carboxylic acids is 1. The van der Waals surface area contributed by atoms with Crippen LogP contribution < -0.4 is 16.0 Å². The first-order chi connectivity index (χ1) is 10.2. The molecule has 2 amide bonds. The molecule has 0 spiro atoms. The van der Waals surface area contributed by atoms with Crippen LogP contribution in [0.3, 0.4) is 0 Å². The minimum atomic E-state index is -0.382. The molecule has 0 atom stereocenters. The van der Waals surface area contributed by atoms with Crippen LogP contribution in [-0.2, 0) is 0 Å². The molecule has 0 bridgehead atoms. The minimum absolute atomic E-state index is 0.349. The lowest BCUT2D eigenvalue weighted by atomic mass is 10.3. The number of hydrogen-bond acceptors (Lipinski definition) is 3. The summed E-state index contributed by atoms with van der Waals surface area (Å²) in [5, 5.41) is 8.42. The van der Waals surface area contributed by atoms with Gasteiger partial charge >= 0.3 is 6.03 Å². The minimum Gasteiger partial charge on any atom is -0.370 e. The summed E-state index contributed by atoms with van der Waals surface area (Å²) >= 11 is 0. The summed E-state index contributed by atoms with van der Waals surface area (Å²) in [6, 6.07) is 11.0. The van der Waals surface area contributed by atoms with Crippen molar-refractivity contribution in [3.63, 3.8) is 0 Å². The molecule has 2 rings (SSSR count). The molecule has 21 heavy (non-hydrogen) atoms. The lowest BCUT2D eigenvalue weighted by Crippen LogP contribution is -2.30. The quantitative estimate of drug-likeness (QED) is 0.716. The van der Waals surface area contributed by atoms with E-state index in [4.69, 9.17) is 0 Å². The van der Waals surface area contributed by atoms with Gasteiger partial charge in [-0.15, -0.1) is 0 Å². The monoisotopic (exact) mass is 288 g/mol. The van der Waals surface area contributed by atoms with Crippen LogP contribution in [0.25, 0.3) is 0 Å². The van der Waals surface area contributed by atoms with Crippen molar-refractivity contribution < 1.29 is 9.18 Å². The van der Waals surface area contributed by atoms with E-state index in [9.17, 15) is 9.18 Å². The van der Waals surface area contributed by atoms with Gasteiger partial charge in [-0.1, -0.05) is 12.1 Å². The SMILES string of the molecule is O=C(NCCCNc1ccccn1)Nc1cccc(F)c1. The van der Waals surface area contributed by atoms with Crippen LogP contribution >= 0.6 is 0 Å². The fourth-order valence-corrected chi connectivity index (χ4v) is 1.72. The molecule has 0 aliphatic carbocycles. The Morgan fingerprint density at radius 3 is 2.81 bits per heavy atom. The van der Waals surface area contributed by atoms with Gasteiger partial charge < -0.3 is 16.0 Å². The fraction of sp³-hybridized carbons (Fsp3) is 0.200.